The van der Waals surface area contributed by atoms with Crippen LogP contribution in [0.15, 0.2) is 42.5 Å². The molecule has 0 aliphatic heterocycles. The van der Waals surface area contributed by atoms with E-state index in [9.17, 15) is 4.39 Å². The molecule has 2 aromatic carbocycles. The second-order valence-corrected chi connectivity index (χ2v) is 5.65. The Morgan fingerprint density at radius 3 is 2.62 bits per heavy atom. The molecule has 0 heterocycles. The van der Waals surface area contributed by atoms with E-state index in [2.05, 4.69) is 5.32 Å². The molecule has 0 spiro atoms. The van der Waals surface area contributed by atoms with Crippen LogP contribution in [0.1, 0.15) is 5.56 Å². The van der Waals surface area contributed by atoms with Gasteiger partial charge in [-0.3, -0.25) is 0 Å². The zero-order chi connectivity index (χ0) is 15.4. The summed E-state index contributed by atoms with van der Waals surface area (Å²) in [7, 11) is 1.80. The Bertz CT molecular complexity index is 664. The van der Waals surface area contributed by atoms with E-state index >= 15 is 0 Å². The lowest BCUT2D eigenvalue weighted by molar-refractivity contribution is 0.508. The Hall–Kier alpha value is -1.36. The number of thiocarbonyl (C=S) groups is 1. The summed E-state index contributed by atoms with van der Waals surface area (Å²) < 4.78 is 13.6. The van der Waals surface area contributed by atoms with Gasteiger partial charge in [-0.1, -0.05) is 47.5 Å². The van der Waals surface area contributed by atoms with Crippen LogP contribution in [0.4, 0.5) is 10.1 Å². The molecule has 0 unspecified atom stereocenters. The standard InChI is InChI=1S/C15H13Cl2FN2S/c1-20(9-10-5-4-6-11(16)14(10)17)15(21)19-13-8-3-2-7-12(13)18/h2-8H,9H2,1H3,(H,19,21). The molecule has 0 aliphatic carbocycles. The lowest BCUT2D eigenvalue weighted by Crippen LogP contribution is -2.31. The first-order valence-corrected chi connectivity index (χ1v) is 7.35. The fourth-order valence-electron chi connectivity index (χ4n) is 1.77. The molecule has 2 nitrogen and oxygen atoms in total. The molecule has 0 bridgehead atoms. The third-order valence-corrected chi connectivity index (χ3v) is 4.17. The maximum atomic E-state index is 13.6. The molecular formula is C15H13Cl2FN2S. The van der Waals surface area contributed by atoms with Crippen molar-refractivity contribution in [1.29, 1.82) is 0 Å². The Morgan fingerprint density at radius 2 is 1.90 bits per heavy atom. The highest BCUT2D eigenvalue weighted by atomic mass is 35.5. The van der Waals surface area contributed by atoms with E-state index in [0.717, 1.165) is 5.56 Å². The maximum Gasteiger partial charge on any atom is 0.173 e. The van der Waals surface area contributed by atoms with Crippen molar-refractivity contribution in [2.24, 2.45) is 0 Å². The molecule has 110 valence electrons. The average molecular weight is 343 g/mol. The summed E-state index contributed by atoms with van der Waals surface area (Å²) in [4.78, 5) is 1.76. The van der Waals surface area contributed by atoms with Crippen LogP contribution < -0.4 is 5.32 Å². The second-order valence-electron chi connectivity index (χ2n) is 4.48. The molecular weight excluding hydrogens is 330 g/mol. The molecule has 2 rings (SSSR count). The molecule has 0 fully saturated rings. The molecule has 0 amide bonds. The Kier molecular flexibility index (Phi) is 5.39. The molecule has 0 radical (unpaired) electrons. The van der Waals surface area contributed by atoms with Crippen LogP contribution in [0.25, 0.3) is 0 Å². The van der Waals surface area contributed by atoms with Gasteiger partial charge in [0.25, 0.3) is 0 Å². The number of nitrogens with zero attached hydrogens (tertiary/aromatic N) is 1. The van der Waals surface area contributed by atoms with E-state index in [1.807, 2.05) is 12.1 Å². The Labute approximate surface area is 138 Å². The number of rotatable bonds is 3. The molecule has 21 heavy (non-hydrogen) atoms. The third-order valence-electron chi connectivity index (χ3n) is 2.90. The minimum absolute atomic E-state index is 0.339. The summed E-state index contributed by atoms with van der Waals surface area (Å²) in [5.74, 6) is -0.353. The zero-order valence-corrected chi connectivity index (χ0v) is 13.6. The van der Waals surface area contributed by atoms with Gasteiger partial charge in [-0.25, -0.2) is 4.39 Å². The molecule has 0 saturated heterocycles. The highest BCUT2D eigenvalue weighted by Gasteiger charge is 2.11. The third kappa shape index (κ3) is 4.06. The van der Waals surface area contributed by atoms with Crippen molar-refractivity contribution in [3.8, 4) is 0 Å². The smallest absolute Gasteiger partial charge is 0.173 e. The summed E-state index contributed by atoms with van der Waals surface area (Å²) in [6.07, 6.45) is 0. The van der Waals surface area contributed by atoms with Crippen molar-refractivity contribution >= 4 is 46.2 Å². The summed E-state index contributed by atoms with van der Waals surface area (Å²) in [5.41, 5.74) is 1.19. The van der Waals surface area contributed by atoms with Gasteiger partial charge in [0, 0.05) is 13.6 Å². The van der Waals surface area contributed by atoms with Crippen molar-refractivity contribution in [1.82, 2.24) is 4.90 Å². The first-order chi connectivity index (χ1) is 9.99. The fraction of sp³-hybridized carbons (Fsp3) is 0.133. The SMILES string of the molecule is CN(Cc1cccc(Cl)c1Cl)C(=S)Nc1ccccc1F. The number of nitrogens with one attached hydrogen (secondary N) is 1. The first-order valence-electron chi connectivity index (χ1n) is 6.18. The van der Waals surface area contributed by atoms with E-state index in [-0.39, 0.29) is 5.82 Å². The van der Waals surface area contributed by atoms with Crippen LogP contribution in [-0.2, 0) is 6.54 Å². The summed E-state index contributed by atoms with van der Waals surface area (Å²) in [6, 6.07) is 11.8. The van der Waals surface area contributed by atoms with Crippen molar-refractivity contribution < 1.29 is 4.39 Å². The number of halogens is 3. The number of para-hydroxylation sites is 1. The molecule has 2 aromatic rings. The fourth-order valence-corrected chi connectivity index (χ4v) is 2.33. The van der Waals surface area contributed by atoms with Crippen LogP contribution in [0.5, 0.6) is 0 Å². The topological polar surface area (TPSA) is 15.3 Å². The van der Waals surface area contributed by atoms with Crippen molar-refractivity contribution in [2.45, 2.75) is 6.54 Å². The largest absolute Gasteiger partial charge is 0.348 e. The maximum absolute atomic E-state index is 13.6. The quantitative estimate of drug-likeness (QED) is 0.793. The summed E-state index contributed by atoms with van der Waals surface area (Å²) in [5, 5.41) is 4.27. The Balaban J connectivity index is 2.06. The van der Waals surface area contributed by atoms with Crippen LogP contribution >= 0.6 is 35.4 Å². The first kappa shape index (κ1) is 16.0. The molecule has 0 saturated carbocycles. The van der Waals surface area contributed by atoms with Gasteiger partial charge >= 0.3 is 0 Å². The van der Waals surface area contributed by atoms with Gasteiger partial charge in [-0.05, 0) is 36.0 Å². The van der Waals surface area contributed by atoms with Gasteiger partial charge in [0.2, 0.25) is 0 Å². The lowest BCUT2D eigenvalue weighted by Gasteiger charge is -2.22. The molecule has 0 aromatic heterocycles. The van der Waals surface area contributed by atoms with E-state index in [1.165, 1.54) is 6.07 Å². The number of hydrogen-bond donors (Lipinski definition) is 1. The van der Waals surface area contributed by atoms with Crippen LogP contribution in [-0.4, -0.2) is 17.1 Å². The van der Waals surface area contributed by atoms with Crippen molar-refractivity contribution in [3.63, 3.8) is 0 Å². The second kappa shape index (κ2) is 7.07. The number of anilines is 1. The highest BCUT2D eigenvalue weighted by molar-refractivity contribution is 7.80. The monoisotopic (exact) mass is 342 g/mol. The van der Waals surface area contributed by atoms with Crippen LogP contribution in [0.2, 0.25) is 10.0 Å². The summed E-state index contributed by atoms with van der Waals surface area (Å²) >= 11 is 17.4. The van der Waals surface area contributed by atoms with Gasteiger partial charge in [0.05, 0.1) is 15.7 Å². The van der Waals surface area contributed by atoms with E-state index < -0.39 is 0 Å². The molecule has 0 atom stereocenters. The predicted molar refractivity (Wildman–Crippen MR) is 90.5 cm³/mol. The minimum atomic E-state index is -0.353. The van der Waals surface area contributed by atoms with Crippen molar-refractivity contribution in [2.75, 3.05) is 12.4 Å². The lowest BCUT2D eigenvalue weighted by atomic mass is 10.2. The van der Waals surface area contributed by atoms with E-state index in [4.69, 9.17) is 35.4 Å². The van der Waals surface area contributed by atoms with Gasteiger partial charge in [-0.15, -0.1) is 0 Å². The predicted octanol–water partition coefficient (Wildman–Crippen LogP) is 4.96. The van der Waals surface area contributed by atoms with E-state index in [1.54, 1.807) is 36.2 Å². The van der Waals surface area contributed by atoms with Gasteiger partial charge < -0.3 is 10.2 Å². The number of hydrogen-bond acceptors (Lipinski definition) is 1. The van der Waals surface area contributed by atoms with Crippen LogP contribution in [0.3, 0.4) is 0 Å². The highest BCUT2D eigenvalue weighted by Crippen LogP contribution is 2.26. The van der Waals surface area contributed by atoms with Crippen LogP contribution in [0, 0.1) is 5.82 Å². The minimum Gasteiger partial charge on any atom is -0.348 e. The van der Waals surface area contributed by atoms with Gasteiger partial charge in [0.1, 0.15) is 5.82 Å². The molecule has 0 aliphatic rings. The summed E-state index contributed by atoms with van der Waals surface area (Å²) in [6.45, 7) is 0.472. The average Bonchev–Trinajstić information content (AvgIpc) is 2.46. The van der Waals surface area contributed by atoms with Gasteiger partial charge in [-0.2, -0.15) is 0 Å². The van der Waals surface area contributed by atoms with E-state index in [0.29, 0.717) is 27.4 Å². The Morgan fingerprint density at radius 1 is 1.19 bits per heavy atom. The number of benzene rings is 2. The normalized spacial score (nSPS) is 10.3. The van der Waals surface area contributed by atoms with Crippen molar-refractivity contribution in [3.05, 3.63) is 63.9 Å². The molecule has 1 N–H and O–H groups in total. The zero-order valence-electron chi connectivity index (χ0n) is 11.2. The van der Waals surface area contributed by atoms with Gasteiger partial charge in [0.15, 0.2) is 5.11 Å². The molecule has 6 heteroatoms.